The number of carbonyl (C=O) groups is 2. The predicted octanol–water partition coefficient (Wildman–Crippen LogP) is 0.998. The Labute approximate surface area is 138 Å². The summed E-state index contributed by atoms with van der Waals surface area (Å²) in [5.41, 5.74) is -0.565. The minimum absolute atomic E-state index is 0.565. The van der Waals surface area contributed by atoms with Crippen LogP contribution in [0.3, 0.4) is 0 Å². The summed E-state index contributed by atoms with van der Waals surface area (Å²) in [7, 11) is -5.22. The number of alkyl halides is 5. The van der Waals surface area contributed by atoms with Gasteiger partial charge in [0.15, 0.2) is 0 Å². The number of halogens is 5. The van der Waals surface area contributed by atoms with Gasteiger partial charge in [-0.2, -0.15) is 30.4 Å². The maximum Gasteiger partial charge on any atom is 0.466 e. The summed E-state index contributed by atoms with van der Waals surface area (Å²) in [6.45, 7) is 2.22. The number of hydrogen-bond donors (Lipinski definition) is 2. The molecule has 0 saturated carbocycles. The Morgan fingerprint density at radius 1 is 1.20 bits per heavy atom. The zero-order valence-electron chi connectivity index (χ0n) is 12.8. The number of amides is 1. The fraction of sp³-hybridized carbons (Fsp3) is 0.636. The molecule has 1 amide bonds. The van der Waals surface area contributed by atoms with Crippen molar-refractivity contribution in [1.29, 1.82) is 0 Å². The van der Waals surface area contributed by atoms with E-state index in [4.69, 9.17) is 4.55 Å². The first-order valence-electron chi connectivity index (χ1n) is 6.18. The first-order valence-corrected chi connectivity index (χ1v) is 7.62. The summed E-state index contributed by atoms with van der Waals surface area (Å²) < 4.78 is 103. The van der Waals surface area contributed by atoms with Crippen molar-refractivity contribution in [2.24, 2.45) is 0 Å². The highest BCUT2D eigenvalue weighted by molar-refractivity contribution is 7.86. The highest BCUT2D eigenvalue weighted by atomic mass is 32.2. The van der Waals surface area contributed by atoms with Crippen LogP contribution < -0.4 is 5.32 Å². The molecule has 14 heteroatoms. The standard InChI is InChI=1S/C11H14F5NO7S/c1-6(2)7(18)24-10(8(19)17-3,11(14,15)16)23-5-4-9(12,13)25(20,21)22/h1,4-5H2,2-3H3,(H,17,19)(H,20,21,22). The van der Waals surface area contributed by atoms with E-state index < -0.39 is 57.8 Å². The van der Waals surface area contributed by atoms with Crippen molar-refractivity contribution in [3.8, 4) is 0 Å². The molecular weight excluding hydrogens is 385 g/mol. The lowest BCUT2D eigenvalue weighted by atomic mass is 10.2. The van der Waals surface area contributed by atoms with Crippen molar-refractivity contribution in [2.45, 2.75) is 30.6 Å². The van der Waals surface area contributed by atoms with Crippen molar-refractivity contribution < 1.29 is 54.0 Å². The van der Waals surface area contributed by atoms with Crippen molar-refractivity contribution in [3.05, 3.63) is 12.2 Å². The lowest BCUT2D eigenvalue weighted by molar-refractivity contribution is -0.348. The van der Waals surface area contributed by atoms with Crippen LogP contribution in [0.4, 0.5) is 22.0 Å². The molecular formula is C11H14F5NO7S. The Kier molecular flexibility index (Phi) is 7.07. The van der Waals surface area contributed by atoms with Crippen LogP contribution in [0.25, 0.3) is 0 Å². The minimum atomic E-state index is -5.93. The lowest BCUT2D eigenvalue weighted by Gasteiger charge is -2.33. The average Bonchev–Trinajstić information content (AvgIpc) is 2.42. The van der Waals surface area contributed by atoms with Crippen LogP contribution in [0, 0.1) is 0 Å². The Morgan fingerprint density at radius 2 is 1.68 bits per heavy atom. The maximum absolute atomic E-state index is 13.2. The van der Waals surface area contributed by atoms with Crippen LogP contribution in [-0.4, -0.2) is 55.7 Å². The molecule has 0 aliphatic carbocycles. The first kappa shape index (κ1) is 23.2. The van der Waals surface area contributed by atoms with Gasteiger partial charge >= 0.3 is 39.2 Å². The summed E-state index contributed by atoms with van der Waals surface area (Å²) in [5.74, 6) is -8.11. The van der Waals surface area contributed by atoms with E-state index in [1.807, 2.05) is 0 Å². The van der Waals surface area contributed by atoms with Gasteiger partial charge in [-0.1, -0.05) is 6.58 Å². The van der Waals surface area contributed by atoms with E-state index in [0.717, 1.165) is 6.92 Å². The second kappa shape index (κ2) is 7.61. The minimum Gasteiger partial charge on any atom is -0.412 e. The van der Waals surface area contributed by atoms with Crippen LogP contribution in [0.15, 0.2) is 12.2 Å². The molecule has 0 aliphatic rings. The number of hydrogen-bond acceptors (Lipinski definition) is 6. The summed E-state index contributed by atoms with van der Waals surface area (Å²) in [5, 5.41) is -3.37. The maximum atomic E-state index is 13.2. The quantitative estimate of drug-likeness (QED) is 0.205. The van der Waals surface area contributed by atoms with Gasteiger partial charge < -0.3 is 14.8 Å². The van der Waals surface area contributed by atoms with Crippen LogP contribution in [0.1, 0.15) is 13.3 Å². The molecule has 1 atom stereocenters. The predicted molar refractivity (Wildman–Crippen MR) is 70.8 cm³/mol. The summed E-state index contributed by atoms with van der Waals surface area (Å²) in [6.07, 6.45) is -7.67. The molecule has 1 unspecified atom stereocenters. The van der Waals surface area contributed by atoms with Crippen LogP contribution >= 0.6 is 0 Å². The van der Waals surface area contributed by atoms with E-state index in [1.165, 1.54) is 5.32 Å². The van der Waals surface area contributed by atoms with E-state index >= 15 is 0 Å². The molecule has 0 bridgehead atoms. The number of esters is 1. The third-order valence-electron chi connectivity index (χ3n) is 2.56. The Bertz CT molecular complexity index is 646. The number of likely N-dealkylation sites (N-methyl/N-ethyl adjacent to an activating group) is 1. The summed E-state index contributed by atoms with van der Waals surface area (Å²) in [4.78, 5) is 23.0. The van der Waals surface area contributed by atoms with Gasteiger partial charge in [-0.05, 0) is 6.92 Å². The molecule has 0 heterocycles. The summed E-state index contributed by atoms with van der Waals surface area (Å²) in [6, 6.07) is 0. The van der Waals surface area contributed by atoms with Crippen molar-refractivity contribution in [1.82, 2.24) is 5.32 Å². The topological polar surface area (TPSA) is 119 Å². The fourth-order valence-corrected chi connectivity index (χ4v) is 1.58. The Morgan fingerprint density at radius 3 is 2.00 bits per heavy atom. The van der Waals surface area contributed by atoms with E-state index in [2.05, 4.69) is 16.1 Å². The smallest absolute Gasteiger partial charge is 0.412 e. The van der Waals surface area contributed by atoms with E-state index in [9.17, 15) is 40.0 Å². The molecule has 25 heavy (non-hydrogen) atoms. The molecule has 0 aromatic heterocycles. The second-order valence-corrected chi connectivity index (χ2v) is 6.12. The van der Waals surface area contributed by atoms with Gasteiger partial charge in [0.2, 0.25) is 0 Å². The van der Waals surface area contributed by atoms with Gasteiger partial charge in [-0.15, -0.1) is 0 Å². The van der Waals surface area contributed by atoms with E-state index in [1.54, 1.807) is 0 Å². The molecule has 0 spiro atoms. The third kappa shape index (κ3) is 5.34. The molecule has 0 radical (unpaired) electrons. The SMILES string of the molecule is C=C(C)C(=O)OC(OCCC(F)(F)S(=O)(=O)O)(C(=O)NC)C(F)(F)F. The zero-order valence-corrected chi connectivity index (χ0v) is 13.6. The molecule has 0 saturated heterocycles. The molecule has 0 aromatic rings. The molecule has 0 aliphatic heterocycles. The molecule has 0 fully saturated rings. The second-order valence-electron chi connectivity index (χ2n) is 4.57. The van der Waals surface area contributed by atoms with Crippen molar-refractivity contribution in [3.63, 3.8) is 0 Å². The Hall–Kier alpha value is -1.80. The zero-order chi connectivity index (χ0) is 20.3. The third-order valence-corrected chi connectivity index (χ3v) is 3.52. The largest absolute Gasteiger partial charge is 0.466 e. The molecule has 8 nitrogen and oxygen atoms in total. The monoisotopic (exact) mass is 399 g/mol. The van der Waals surface area contributed by atoms with E-state index in [0.29, 0.717) is 7.05 Å². The fourth-order valence-electron chi connectivity index (χ4n) is 1.23. The van der Waals surface area contributed by atoms with Gasteiger partial charge in [-0.3, -0.25) is 9.35 Å². The lowest BCUT2D eigenvalue weighted by Crippen LogP contribution is -2.61. The van der Waals surface area contributed by atoms with E-state index in [-0.39, 0.29) is 0 Å². The van der Waals surface area contributed by atoms with Gasteiger partial charge in [0, 0.05) is 12.6 Å². The number of carbonyl (C=O) groups excluding carboxylic acids is 2. The summed E-state index contributed by atoms with van der Waals surface area (Å²) >= 11 is 0. The van der Waals surface area contributed by atoms with Crippen molar-refractivity contribution in [2.75, 3.05) is 13.7 Å². The normalized spacial score (nSPS) is 15.2. The van der Waals surface area contributed by atoms with Crippen LogP contribution in [0.2, 0.25) is 0 Å². The van der Waals surface area contributed by atoms with Crippen LogP contribution in [-0.2, 0) is 29.2 Å². The van der Waals surface area contributed by atoms with Gasteiger partial charge in [0.1, 0.15) is 0 Å². The number of nitrogens with one attached hydrogen (secondary N) is 1. The molecule has 2 N–H and O–H groups in total. The highest BCUT2D eigenvalue weighted by Gasteiger charge is 2.66. The van der Waals surface area contributed by atoms with Crippen LogP contribution in [0.5, 0.6) is 0 Å². The number of rotatable bonds is 8. The van der Waals surface area contributed by atoms with Gasteiger partial charge in [0.05, 0.1) is 13.0 Å². The molecule has 146 valence electrons. The molecule has 0 aromatic carbocycles. The Balaban J connectivity index is 5.71. The number of ether oxygens (including phenoxy) is 2. The average molecular weight is 399 g/mol. The van der Waals surface area contributed by atoms with Crippen molar-refractivity contribution >= 4 is 22.0 Å². The first-order chi connectivity index (χ1) is 11.0. The van der Waals surface area contributed by atoms with Gasteiger partial charge in [-0.25, -0.2) is 4.79 Å². The van der Waals surface area contributed by atoms with Gasteiger partial charge in [0.25, 0.3) is 0 Å². The molecule has 0 rings (SSSR count). The highest BCUT2D eigenvalue weighted by Crippen LogP contribution is 2.37.